The van der Waals surface area contributed by atoms with E-state index in [-0.39, 0.29) is 5.91 Å². The van der Waals surface area contributed by atoms with Crippen LogP contribution < -0.4 is 4.90 Å². The maximum Gasteiger partial charge on any atom is 0.270 e. The van der Waals surface area contributed by atoms with Crippen LogP contribution in [-0.4, -0.2) is 10.2 Å². The standard InChI is InChI=1S/C17H12BrNOS2/c1-11-3-2-4-14(9-11)19-16(20)15(22-17(19)21)10-12-5-7-13(18)8-6-12/h2-10H,1H3/b15-10-. The second-order valence-electron chi connectivity index (χ2n) is 4.91. The van der Waals surface area contributed by atoms with Gasteiger partial charge >= 0.3 is 0 Å². The summed E-state index contributed by atoms with van der Waals surface area (Å²) in [5.74, 6) is -0.0662. The SMILES string of the molecule is Cc1cccc(N2C(=O)/C(=C/c3ccc(Br)cc3)SC2=S)c1. The van der Waals surface area contributed by atoms with E-state index in [1.165, 1.54) is 11.8 Å². The van der Waals surface area contributed by atoms with Gasteiger partial charge in [-0.15, -0.1) is 0 Å². The van der Waals surface area contributed by atoms with Gasteiger partial charge in [0.15, 0.2) is 4.32 Å². The van der Waals surface area contributed by atoms with E-state index in [1.807, 2.05) is 61.5 Å². The summed E-state index contributed by atoms with van der Waals surface area (Å²) >= 11 is 10.1. The highest BCUT2D eigenvalue weighted by molar-refractivity contribution is 9.10. The lowest BCUT2D eigenvalue weighted by molar-refractivity contribution is -0.113. The Labute approximate surface area is 147 Å². The van der Waals surface area contributed by atoms with Gasteiger partial charge in [-0.2, -0.15) is 0 Å². The number of nitrogens with zero attached hydrogens (tertiary/aromatic N) is 1. The number of rotatable bonds is 2. The normalized spacial score (nSPS) is 16.6. The first kappa shape index (κ1) is 15.5. The quantitative estimate of drug-likeness (QED) is 0.522. The molecule has 0 N–H and O–H groups in total. The molecule has 1 heterocycles. The van der Waals surface area contributed by atoms with Gasteiger partial charge in [0.05, 0.1) is 10.6 Å². The smallest absolute Gasteiger partial charge is 0.268 e. The number of carbonyl (C=O) groups is 1. The third-order valence-corrected chi connectivity index (χ3v) is 5.05. The molecule has 110 valence electrons. The molecule has 2 nitrogen and oxygen atoms in total. The molecule has 0 radical (unpaired) electrons. The number of hydrogen-bond donors (Lipinski definition) is 0. The lowest BCUT2D eigenvalue weighted by Gasteiger charge is -2.14. The van der Waals surface area contributed by atoms with Crippen LogP contribution in [0.2, 0.25) is 0 Å². The van der Waals surface area contributed by atoms with Crippen LogP contribution in [0.25, 0.3) is 6.08 Å². The van der Waals surface area contributed by atoms with Crippen molar-refractivity contribution in [3.8, 4) is 0 Å². The fourth-order valence-corrected chi connectivity index (χ4v) is 3.73. The number of halogens is 1. The second kappa shape index (κ2) is 6.36. The van der Waals surface area contributed by atoms with Crippen molar-refractivity contribution in [1.29, 1.82) is 0 Å². The maximum atomic E-state index is 12.6. The third kappa shape index (κ3) is 3.16. The Hall–Kier alpha value is -1.43. The Balaban J connectivity index is 1.93. The summed E-state index contributed by atoms with van der Waals surface area (Å²) in [6, 6.07) is 15.6. The van der Waals surface area contributed by atoms with Crippen molar-refractivity contribution in [3.63, 3.8) is 0 Å². The summed E-state index contributed by atoms with van der Waals surface area (Å²) in [6.45, 7) is 2.00. The minimum atomic E-state index is -0.0662. The third-order valence-electron chi connectivity index (χ3n) is 3.22. The number of thiocarbonyl (C=S) groups is 1. The largest absolute Gasteiger partial charge is 0.270 e. The molecule has 1 amide bonds. The zero-order valence-electron chi connectivity index (χ0n) is 11.7. The number of amides is 1. The summed E-state index contributed by atoms with van der Waals surface area (Å²) in [5, 5.41) is 0. The Morgan fingerprint density at radius 3 is 2.59 bits per heavy atom. The van der Waals surface area contributed by atoms with Gasteiger partial charge in [-0.25, -0.2) is 0 Å². The topological polar surface area (TPSA) is 20.3 Å². The van der Waals surface area contributed by atoms with Crippen molar-refractivity contribution in [1.82, 2.24) is 0 Å². The molecule has 0 aromatic heterocycles. The van der Waals surface area contributed by atoms with E-state index in [4.69, 9.17) is 12.2 Å². The van der Waals surface area contributed by atoms with Crippen molar-refractivity contribution < 1.29 is 4.79 Å². The number of carbonyl (C=O) groups excluding carboxylic acids is 1. The Bertz CT molecular complexity index is 784. The minimum Gasteiger partial charge on any atom is -0.268 e. The average molecular weight is 390 g/mol. The summed E-state index contributed by atoms with van der Waals surface area (Å²) < 4.78 is 1.58. The van der Waals surface area contributed by atoms with Crippen LogP contribution in [0.5, 0.6) is 0 Å². The summed E-state index contributed by atoms with van der Waals surface area (Å²) in [7, 11) is 0. The molecule has 1 aliphatic rings. The van der Waals surface area contributed by atoms with Crippen LogP contribution in [0.3, 0.4) is 0 Å². The first-order valence-corrected chi connectivity index (χ1v) is 8.66. The number of anilines is 1. The van der Waals surface area contributed by atoms with Crippen molar-refractivity contribution in [2.45, 2.75) is 6.92 Å². The van der Waals surface area contributed by atoms with Crippen LogP contribution >= 0.6 is 39.9 Å². The molecule has 0 spiro atoms. The van der Waals surface area contributed by atoms with Crippen molar-refractivity contribution in [2.75, 3.05) is 4.90 Å². The molecule has 0 saturated carbocycles. The van der Waals surface area contributed by atoms with Crippen molar-refractivity contribution in [2.24, 2.45) is 0 Å². The molecule has 1 saturated heterocycles. The van der Waals surface area contributed by atoms with E-state index in [1.54, 1.807) is 4.90 Å². The van der Waals surface area contributed by atoms with E-state index in [2.05, 4.69) is 15.9 Å². The first-order chi connectivity index (χ1) is 10.5. The van der Waals surface area contributed by atoms with Gasteiger partial charge < -0.3 is 0 Å². The molecule has 1 aliphatic heterocycles. The lowest BCUT2D eigenvalue weighted by atomic mass is 10.2. The monoisotopic (exact) mass is 389 g/mol. The van der Waals surface area contributed by atoms with Gasteiger partial charge in [-0.3, -0.25) is 9.69 Å². The van der Waals surface area contributed by atoms with E-state index in [0.29, 0.717) is 9.23 Å². The molecule has 3 rings (SSSR count). The molecule has 0 unspecified atom stereocenters. The highest BCUT2D eigenvalue weighted by atomic mass is 79.9. The van der Waals surface area contributed by atoms with Crippen LogP contribution in [-0.2, 0) is 4.79 Å². The Kier molecular flexibility index (Phi) is 4.47. The summed E-state index contributed by atoms with van der Waals surface area (Å²) in [5.41, 5.74) is 2.90. The average Bonchev–Trinajstić information content (AvgIpc) is 2.76. The van der Waals surface area contributed by atoms with Gasteiger partial charge in [-0.05, 0) is 48.4 Å². The Morgan fingerprint density at radius 2 is 1.91 bits per heavy atom. The summed E-state index contributed by atoms with van der Waals surface area (Å²) in [4.78, 5) is 14.9. The van der Waals surface area contributed by atoms with Gasteiger partial charge in [0.1, 0.15) is 0 Å². The van der Waals surface area contributed by atoms with E-state index < -0.39 is 0 Å². The molecule has 0 atom stereocenters. The van der Waals surface area contributed by atoms with Gasteiger partial charge in [-0.1, -0.05) is 64.2 Å². The highest BCUT2D eigenvalue weighted by Gasteiger charge is 2.33. The van der Waals surface area contributed by atoms with Crippen molar-refractivity contribution in [3.05, 3.63) is 69.0 Å². The van der Waals surface area contributed by atoms with Crippen LogP contribution in [0.4, 0.5) is 5.69 Å². The maximum absolute atomic E-state index is 12.6. The molecule has 0 bridgehead atoms. The van der Waals surface area contributed by atoms with Crippen LogP contribution in [0.1, 0.15) is 11.1 Å². The predicted molar refractivity (Wildman–Crippen MR) is 101 cm³/mol. The molecule has 1 fully saturated rings. The van der Waals surface area contributed by atoms with E-state index in [0.717, 1.165) is 21.3 Å². The van der Waals surface area contributed by atoms with Crippen LogP contribution in [0.15, 0.2) is 57.9 Å². The second-order valence-corrected chi connectivity index (χ2v) is 7.50. The van der Waals surface area contributed by atoms with E-state index in [9.17, 15) is 4.79 Å². The minimum absolute atomic E-state index is 0.0662. The van der Waals surface area contributed by atoms with Crippen molar-refractivity contribution >= 4 is 61.9 Å². The zero-order valence-corrected chi connectivity index (χ0v) is 15.0. The van der Waals surface area contributed by atoms with Gasteiger partial charge in [0, 0.05) is 4.47 Å². The highest BCUT2D eigenvalue weighted by Crippen LogP contribution is 2.36. The summed E-state index contributed by atoms with van der Waals surface area (Å²) in [6.07, 6.45) is 1.88. The number of thioether (sulfide) groups is 1. The fraction of sp³-hybridized carbons (Fsp3) is 0.0588. The molecule has 2 aromatic rings. The first-order valence-electron chi connectivity index (χ1n) is 6.65. The fourth-order valence-electron chi connectivity index (χ4n) is 2.17. The number of aryl methyl sites for hydroxylation is 1. The molecule has 2 aromatic carbocycles. The molecule has 0 aliphatic carbocycles. The van der Waals surface area contributed by atoms with Gasteiger partial charge in [0.25, 0.3) is 5.91 Å². The zero-order chi connectivity index (χ0) is 15.7. The Morgan fingerprint density at radius 1 is 1.18 bits per heavy atom. The molecular weight excluding hydrogens is 378 g/mol. The number of hydrogen-bond acceptors (Lipinski definition) is 3. The predicted octanol–water partition coefficient (Wildman–Crippen LogP) is 5.16. The van der Waals surface area contributed by atoms with E-state index >= 15 is 0 Å². The molecule has 22 heavy (non-hydrogen) atoms. The molecule has 5 heteroatoms. The number of benzene rings is 2. The van der Waals surface area contributed by atoms with Crippen LogP contribution in [0, 0.1) is 6.92 Å². The molecular formula is C17H12BrNOS2. The lowest BCUT2D eigenvalue weighted by Crippen LogP contribution is -2.27. The van der Waals surface area contributed by atoms with Gasteiger partial charge in [0.2, 0.25) is 0 Å².